The molecule has 8 heteroatoms. The molecule has 0 atom stereocenters. The number of carbonyl (C=O) groups is 2. The molecule has 0 aliphatic carbocycles. The van der Waals surface area contributed by atoms with Crippen LogP contribution >= 0.6 is 11.3 Å². The topological polar surface area (TPSA) is 57.6 Å². The lowest BCUT2D eigenvalue weighted by Crippen LogP contribution is -2.27. The van der Waals surface area contributed by atoms with Crippen LogP contribution in [0.25, 0.3) is 10.4 Å². The molecule has 29 heavy (non-hydrogen) atoms. The fourth-order valence-corrected chi connectivity index (χ4v) is 3.80. The predicted octanol–water partition coefficient (Wildman–Crippen LogP) is 5.72. The smallest absolute Gasteiger partial charge is 0.416 e. The van der Waals surface area contributed by atoms with Crippen LogP contribution in [0.1, 0.15) is 31.2 Å². The molecule has 0 aliphatic heterocycles. The van der Waals surface area contributed by atoms with Crippen LogP contribution in [0.4, 0.5) is 18.9 Å². The molecule has 3 rings (SSSR count). The second kappa shape index (κ2) is 7.71. The van der Waals surface area contributed by atoms with Gasteiger partial charge in [0.05, 0.1) is 11.3 Å². The van der Waals surface area contributed by atoms with Crippen LogP contribution in [0.2, 0.25) is 0 Å². The van der Waals surface area contributed by atoms with E-state index in [2.05, 4.69) is 0 Å². The largest absolute Gasteiger partial charge is 0.477 e. The highest BCUT2D eigenvalue weighted by molar-refractivity contribution is 7.18. The van der Waals surface area contributed by atoms with Crippen molar-refractivity contribution in [2.24, 2.45) is 0 Å². The first-order valence-corrected chi connectivity index (χ1v) is 9.29. The van der Waals surface area contributed by atoms with Gasteiger partial charge in [0.25, 0.3) is 5.91 Å². The number of halogens is 3. The summed E-state index contributed by atoms with van der Waals surface area (Å²) >= 11 is 0.823. The Hall–Kier alpha value is -3.13. The average Bonchev–Trinajstić information content (AvgIpc) is 3.13. The molecular weight excluding hydrogens is 403 g/mol. The van der Waals surface area contributed by atoms with Gasteiger partial charge in [0.15, 0.2) is 0 Å². The predicted molar refractivity (Wildman–Crippen MR) is 106 cm³/mol. The van der Waals surface area contributed by atoms with Crippen LogP contribution in [0.15, 0.2) is 54.6 Å². The van der Waals surface area contributed by atoms with Crippen LogP contribution in [-0.4, -0.2) is 24.0 Å². The maximum atomic E-state index is 13.0. The van der Waals surface area contributed by atoms with Crippen LogP contribution < -0.4 is 4.90 Å². The number of amides is 1. The van der Waals surface area contributed by atoms with Crippen molar-refractivity contribution in [2.45, 2.75) is 13.1 Å². The first-order chi connectivity index (χ1) is 13.6. The number of hydrogen-bond donors (Lipinski definition) is 1. The Morgan fingerprint density at radius 2 is 1.69 bits per heavy atom. The van der Waals surface area contributed by atoms with E-state index in [1.807, 2.05) is 6.92 Å². The van der Waals surface area contributed by atoms with Crippen molar-refractivity contribution >= 4 is 28.9 Å². The molecule has 0 fully saturated rings. The van der Waals surface area contributed by atoms with Crippen molar-refractivity contribution in [1.29, 1.82) is 0 Å². The summed E-state index contributed by atoms with van der Waals surface area (Å²) in [6.45, 7) is 1.88. The quantitative estimate of drug-likeness (QED) is 0.589. The highest BCUT2D eigenvalue weighted by atomic mass is 32.1. The normalized spacial score (nSPS) is 11.3. The zero-order valence-electron chi connectivity index (χ0n) is 15.4. The molecule has 1 aromatic heterocycles. The minimum Gasteiger partial charge on any atom is -0.477 e. The monoisotopic (exact) mass is 419 g/mol. The third kappa shape index (κ3) is 4.32. The molecule has 2 aromatic carbocycles. The maximum absolute atomic E-state index is 13.0. The number of carboxylic acid groups (broad SMARTS) is 1. The fraction of sp³-hybridized carbons (Fsp3) is 0.143. The first-order valence-electron chi connectivity index (χ1n) is 8.47. The van der Waals surface area contributed by atoms with E-state index >= 15 is 0 Å². The van der Waals surface area contributed by atoms with Gasteiger partial charge in [0.1, 0.15) is 4.88 Å². The molecule has 0 spiro atoms. The summed E-state index contributed by atoms with van der Waals surface area (Å²) in [6.07, 6.45) is -4.51. The van der Waals surface area contributed by atoms with Crippen molar-refractivity contribution in [3.8, 4) is 10.4 Å². The number of hydrogen-bond acceptors (Lipinski definition) is 3. The molecule has 1 N–H and O–H groups in total. The number of rotatable bonds is 4. The minimum absolute atomic E-state index is 0.125. The highest BCUT2D eigenvalue weighted by Gasteiger charge is 2.31. The van der Waals surface area contributed by atoms with Crippen molar-refractivity contribution in [1.82, 2.24) is 0 Å². The third-order valence-electron chi connectivity index (χ3n) is 4.35. The number of anilines is 1. The van der Waals surface area contributed by atoms with E-state index in [0.29, 0.717) is 10.4 Å². The van der Waals surface area contributed by atoms with Crippen molar-refractivity contribution in [2.75, 3.05) is 11.9 Å². The number of thiophene rings is 1. The average molecular weight is 419 g/mol. The third-order valence-corrected chi connectivity index (χ3v) is 5.51. The van der Waals surface area contributed by atoms with Crippen molar-refractivity contribution in [3.63, 3.8) is 0 Å². The van der Waals surface area contributed by atoms with Gasteiger partial charge in [-0.15, -0.1) is 11.3 Å². The summed E-state index contributed by atoms with van der Waals surface area (Å²) in [7, 11) is 1.44. The molecule has 0 saturated heterocycles. The van der Waals surface area contributed by atoms with Gasteiger partial charge >= 0.3 is 12.1 Å². The summed E-state index contributed by atoms with van der Waals surface area (Å²) in [4.78, 5) is 25.8. The molecule has 1 heterocycles. The standard InChI is InChI=1S/C21H16F3NO3S/c1-12-6-8-13(9-7-12)19(26)25(2)16-11-17(29-18(16)20(27)28)14-4-3-5-15(10-14)21(22,23)24/h3-11H,1-2H3,(H,27,28). The Kier molecular flexibility index (Phi) is 5.48. The summed E-state index contributed by atoms with van der Waals surface area (Å²) < 4.78 is 39.0. The Morgan fingerprint density at radius 3 is 2.28 bits per heavy atom. The van der Waals surface area contributed by atoms with Crippen LogP contribution in [0.3, 0.4) is 0 Å². The lowest BCUT2D eigenvalue weighted by molar-refractivity contribution is -0.137. The molecule has 4 nitrogen and oxygen atoms in total. The highest BCUT2D eigenvalue weighted by Crippen LogP contribution is 2.39. The number of benzene rings is 2. The molecule has 0 radical (unpaired) electrons. The second-order valence-corrected chi connectivity index (χ2v) is 7.49. The van der Waals surface area contributed by atoms with Crippen molar-refractivity contribution < 1.29 is 27.9 Å². The molecule has 0 aliphatic rings. The van der Waals surface area contributed by atoms with Gasteiger partial charge in [-0.2, -0.15) is 13.2 Å². The molecule has 1 amide bonds. The summed E-state index contributed by atoms with van der Waals surface area (Å²) in [6, 6.07) is 12.9. The van der Waals surface area contributed by atoms with E-state index in [4.69, 9.17) is 0 Å². The number of alkyl halides is 3. The van der Waals surface area contributed by atoms with Crippen LogP contribution in [0, 0.1) is 6.92 Å². The molecule has 3 aromatic rings. The van der Waals surface area contributed by atoms with E-state index in [0.717, 1.165) is 29.0 Å². The Balaban J connectivity index is 2.02. The zero-order chi connectivity index (χ0) is 21.3. The molecule has 0 unspecified atom stereocenters. The summed E-state index contributed by atoms with van der Waals surface area (Å²) in [5.41, 5.74) is 0.875. The van der Waals surface area contributed by atoms with E-state index in [1.165, 1.54) is 30.1 Å². The van der Waals surface area contributed by atoms with Gasteiger partial charge in [-0.25, -0.2) is 4.79 Å². The van der Waals surface area contributed by atoms with Gasteiger partial charge in [0, 0.05) is 17.5 Å². The van der Waals surface area contributed by atoms with E-state index in [9.17, 15) is 27.9 Å². The van der Waals surface area contributed by atoms with Crippen LogP contribution in [-0.2, 0) is 6.18 Å². The first kappa shape index (κ1) is 20.6. The SMILES string of the molecule is Cc1ccc(C(=O)N(C)c2cc(-c3cccc(C(F)(F)F)c3)sc2C(=O)O)cc1. The number of carboxylic acids is 1. The number of carbonyl (C=O) groups excluding carboxylic acids is 1. The Morgan fingerprint density at radius 1 is 1.03 bits per heavy atom. The number of aromatic carboxylic acids is 1. The van der Waals surface area contributed by atoms with E-state index < -0.39 is 23.6 Å². The summed E-state index contributed by atoms with van der Waals surface area (Å²) in [5.74, 6) is -1.67. The van der Waals surface area contributed by atoms with Gasteiger partial charge in [0.2, 0.25) is 0 Å². The number of nitrogens with zero attached hydrogens (tertiary/aromatic N) is 1. The van der Waals surface area contributed by atoms with E-state index in [-0.39, 0.29) is 16.1 Å². The Bertz CT molecular complexity index is 1070. The zero-order valence-corrected chi connectivity index (χ0v) is 16.3. The molecule has 150 valence electrons. The van der Waals surface area contributed by atoms with Gasteiger partial charge in [-0.3, -0.25) is 4.79 Å². The maximum Gasteiger partial charge on any atom is 0.416 e. The molecular formula is C21H16F3NO3S. The molecule has 0 saturated carbocycles. The van der Waals surface area contributed by atoms with Gasteiger partial charge in [-0.05, 0) is 42.8 Å². The Labute approximate surface area is 168 Å². The van der Waals surface area contributed by atoms with Gasteiger partial charge in [-0.1, -0.05) is 29.8 Å². The summed E-state index contributed by atoms with van der Waals surface area (Å²) in [5, 5.41) is 9.54. The lowest BCUT2D eigenvalue weighted by Gasteiger charge is -2.17. The van der Waals surface area contributed by atoms with E-state index in [1.54, 1.807) is 24.3 Å². The molecule has 0 bridgehead atoms. The fourth-order valence-electron chi connectivity index (χ4n) is 2.77. The lowest BCUT2D eigenvalue weighted by atomic mass is 10.1. The van der Waals surface area contributed by atoms with Crippen LogP contribution in [0.5, 0.6) is 0 Å². The van der Waals surface area contributed by atoms with Crippen molar-refractivity contribution in [3.05, 3.63) is 76.2 Å². The minimum atomic E-state index is -4.51. The number of aryl methyl sites for hydroxylation is 1. The van der Waals surface area contributed by atoms with Gasteiger partial charge < -0.3 is 10.0 Å². The second-order valence-electron chi connectivity index (χ2n) is 6.44.